The van der Waals surface area contributed by atoms with Crippen molar-refractivity contribution in [1.29, 1.82) is 0 Å². The summed E-state index contributed by atoms with van der Waals surface area (Å²) in [5.74, 6) is -0.242. The van der Waals surface area contributed by atoms with E-state index < -0.39 is 15.1 Å². The van der Waals surface area contributed by atoms with Crippen LogP contribution in [0.1, 0.15) is 40.9 Å². The number of aromatic nitrogens is 2. The molecule has 33 heavy (non-hydrogen) atoms. The number of rotatable bonds is 6. The van der Waals surface area contributed by atoms with Gasteiger partial charge in [0.2, 0.25) is 0 Å². The quantitative estimate of drug-likeness (QED) is 0.373. The number of aryl methyl sites for hydroxylation is 2. The Hall–Kier alpha value is -3.10. The normalized spacial score (nSPS) is 11.8. The first-order valence-electron chi connectivity index (χ1n) is 10.6. The van der Waals surface area contributed by atoms with E-state index in [1.807, 2.05) is 32.0 Å². The van der Waals surface area contributed by atoms with Crippen molar-refractivity contribution < 1.29 is 13.2 Å². The fourth-order valence-electron chi connectivity index (χ4n) is 3.44. The van der Waals surface area contributed by atoms with Gasteiger partial charge >= 0.3 is 0 Å². The molecule has 0 radical (unpaired) electrons. The lowest BCUT2D eigenvalue weighted by Crippen LogP contribution is -2.30. The van der Waals surface area contributed by atoms with Crippen LogP contribution in [0.2, 0.25) is 0 Å². The molecule has 0 fully saturated rings. The van der Waals surface area contributed by atoms with E-state index in [9.17, 15) is 13.2 Å². The Morgan fingerprint density at radius 2 is 1.67 bits per heavy atom. The summed E-state index contributed by atoms with van der Waals surface area (Å²) in [4.78, 5) is 24.3. The zero-order valence-corrected chi connectivity index (χ0v) is 20.6. The van der Waals surface area contributed by atoms with Crippen molar-refractivity contribution in [3.63, 3.8) is 0 Å². The lowest BCUT2D eigenvalue weighted by atomic mass is 10.1. The van der Waals surface area contributed by atoms with Crippen LogP contribution in [0.25, 0.3) is 10.2 Å². The highest BCUT2D eigenvalue weighted by atomic mass is 32.2. The molecule has 2 heterocycles. The zero-order valence-electron chi connectivity index (χ0n) is 18.9. The van der Waals surface area contributed by atoms with Gasteiger partial charge in [0.25, 0.3) is 5.91 Å². The van der Waals surface area contributed by atoms with Crippen LogP contribution >= 0.6 is 11.3 Å². The minimum Gasteiger partial charge on any atom is -0.279 e. The first kappa shape index (κ1) is 23.1. The van der Waals surface area contributed by atoms with E-state index in [1.165, 1.54) is 23.5 Å². The average Bonchev–Trinajstić information content (AvgIpc) is 3.25. The molecule has 6 nitrogen and oxygen atoms in total. The van der Waals surface area contributed by atoms with Crippen LogP contribution < -0.4 is 4.90 Å². The van der Waals surface area contributed by atoms with Crippen molar-refractivity contribution in [3.05, 3.63) is 83.2 Å². The Balaban J connectivity index is 1.75. The number of hydrogen-bond acceptors (Lipinski definition) is 6. The van der Waals surface area contributed by atoms with Crippen LogP contribution in [0.3, 0.4) is 0 Å². The van der Waals surface area contributed by atoms with Crippen molar-refractivity contribution in [1.82, 2.24) is 9.97 Å². The lowest BCUT2D eigenvalue weighted by molar-refractivity contribution is 0.0985. The van der Waals surface area contributed by atoms with Crippen LogP contribution in [-0.2, 0) is 16.4 Å². The number of pyridine rings is 1. The van der Waals surface area contributed by atoms with E-state index in [-0.39, 0.29) is 10.8 Å². The molecule has 0 saturated heterocycles. The predicted octanol–water partition coefficient (Wildman–Crippen LogP) is 5.34. The van der Waals surface area contributed by atoms with Gasteiger partial charge in [0.15, 0.2) is 15.0 Å². The Bertz CT molecular complexity index is 1410. The van der Waals surface area contributed by atoms with Gasteiger partial charge in [-0.1, -0.05) is 17.4 Å². The van der Waals surface area contributed by atoms with E-state index in [2.05, 4.69) is 11.1 Å². The average molecular weight is 480 g/mol. The monoisotopic (exact) mass is 479 g/mol. The summed E-state index contributed by atoms with van der Waals surface area (Å²) >= 11 is 1.46. The first-order valence-corrected chi connectivity index (χ1v) is 13.0. The second-order valence-corrected chi connectivity index (χ2v) is 11.7. The van der Waals surface area contributed by atoms with Crippen molar-refractivity contribution in [3.8, 4) is 0 Å². The summed E-state index contributed by atoms with van der Waals surface area (Å²) in [6.45, 7) is 7.68. The number of anilines is 1. The third-order valence-electron chi connectivity index (χ3n) is 5.69. The van der Waals surface area contributed by atoms with Gasteiger partial charge in [0, 0.05) is 18.0 Å². The third kappa shape index (κ3) is 4.54. The molecule has 0 unspecified atom stereocenters. The predicted molar refractivity (Wildman–Crippen MR) is 133 cm³/mol. The van der Waals surface area contributed by atoms with Gasteiger partial charge in [-0.2, -0.15) is 0 Å². The molecule has 2 aromatic carbocycles. The second-order valence-electron chi connectivity index (χ2n) is 8.22. The van der Waals surface area contributed by atoms with Crippen LogP contribution in [0, 0.1) is 13.8 Å². The van der Waals surface area contributed by atoms with Crippen LogP contribution in [0.5, 0.6) is 0 Å². The van der Waals surface area contributed by atoms with Crippen LogP contribution in [0.15, 0.2) is 65.8 Å². The number of sulfone groups is 1. The molecule has 0 bridgehead atoms. The maximum absolute atomic E-state index is 13.6. The maximum Gasteiger partial charge on any atom is 0.260 e. The van der Waals surface area contributed by atoms with Gasteiger partial charge in [-0.05, 0) is 86.8 Å². The van der Waals surface area contributed by atoms with Crippen LogP contribution in [0.4, 0.5) is 5.13 Å². The molecule has 0 atom stereocenters. The fourth-order valence-corrected chi connectivity index (χ4v) is 5.52. The highest BCUT2D eigenvalue weighted by molar-refractivity contribution is 7.92. The molecule has 0 saturated carbocycles. The molecule has 0 spiro atoms. The standard InChI is InChI=1S/C25H25N3O3S2/c1-16(2)33(30,31)21-8-6-20(7-9-21)24(29)28(15-19-11-13-26-14-12-19)25-27-23-18(4)17(3)5-10-22(23)32-25/h5-14,16H,15H2,1-4H3. The molecule has 0 aliphatic heterocycles. The van der Waals surface area contributed by atoms with E-state index in [0.717, 1.165) is 26.9 Å². The van der Waals surface area contributed by atoms with Gasteiger partial charge in [-0.25, -0.2) is 13.4 Å². The van der Waals surface area contributed by atoms with E-state index in [0.29, 0.717) is 17.2 Å². The molecule has 0 N–H and O–H groups in total. The summed E-state index contributed by atoms with van der Waals surface area (Å²) in [6, 6.07) is 13.9. The third-order valence-corrected chi connectivity index (χ3v) is 8.90. The van der Waals surface area contributed by atoms with Crippen molar-refractivity contribution in [2.24, 2.45) is 0 Å². The highest BCUT2D eigenvalue weighted by Gasteiger charge is 2.24. The van der Waals surface area contributed by atoms with Crippen molar-refractivity contribution in [2.75, 3.05) is 4.90 Å². The Kier molecular flexibility index (Phi) is 6.32. The molecular weight excluding hydrogens is 454 g/mol. The molecule has 1 amide bonds. The largest absolute Gasteiger partial charge is 0.279 e. The molecular formula is C25H25N3O3S2. The van der Waals surface area contributed by atoms with E-state index >= 15 is 0 Å². The maximum atomic E-state index is 13.6. The zero-order chi connectivity index (χ0) is 23.8. The Labute approximate surface area is 197 Å². The molecule has 8 heteroatoms. The lowest BCUT2D eigenvalue weighted by Gasteiger charge is -2.20. The Morgan fingerprint density at radius 3 is 2.30 bits per heavy atom. The molecule has 0 aliphatic carbocycles. The van der Waals surface area contributed by atoms with Crippen LogP contribution in [-0.4, -0.2) is 29.5 Å². The SMILES string of the molecule is Cc1ccc2sc(N(Cc3ccncc3)C(=O)c3ccc(S(=O)(=O)C(C)C)cc3)nc2c1C. The van der Waals surface area contributed by atoms with Gasteiger partial charge in [-0.3, -0.25) is 14.7 Å². The minimum absolute atomic E-state index is 0.209. The number of fused-ring (bicyclic) bond motifs is 1. The number of thiazole rings is 1. The van der Waals surface area contributed by atoms with Gasteiger partial charge in [0.05, 0.1) is 26.9 Å². The smallest absolute Gasteiger partial charge is 0.260 e. The molecule has 4 aromatic rings. The number of benzene rings is 2. The number of hydrogen-bond donors (Lipinski definition) is 0. The molecule has 4 rings (SSSR count). The summed E-state index contributed by atoms with van der Waals surface area (Å²) in [6.07, 6.45) is 3.38. The van der Waals surface area contributed by atoms with Gasteiger partial charge in [-0.15, -0.1) is 0 Å². The second kappa shape index (κ2) is 9.03. The summed E-state index contributed by atoms with van der Waals surface area (Å²) < 4.78 is 25.9. The number of carbonyl (C=O) groups is 1. The van der Waals surface area contributed by atoms with E-state index in [4.69, 9.17) is 4.98 Å². The molecule has 2 aromatic heterocycles. The Morgan fingerprint density at radius 1 is 1.00 bits per heavy atom. The molecule has 0 aliphatic rings. The van der Waals surface area contributed by atoms with Gasteiger partial charge in [0.1, 0.15) is 0 Å². The molecule has 170 valence electrons. The topological polar surface area (TPSA) is 80.2 Å². The van der Waals surface area contributed by atoms with E-state index in [1.54, 1.807) is 43.3 Å². The number of carbonyl (C=O) groups excluding carboxylic acids is 1. The number of amides is 1. The van der Waals surface area contributed by atoms with Gasteiger partial charge < -0.3 is 0 Å². The minimum atomic E-state index is -3.41. The van der Waals surface area contributed by atoms with Crippen molar-refractivity contribution >= 4 is 42.4 Å². The summed E-state index contributed by atoms with van der Waals surface area (Å²) in [5.41, 5.74) is 4.45. The highest BCUT2D eigenvalue weighted by Crippen LogP contribution is 2.33. The number of nitrogens with zero attached hydrogens (tertiary/aromatic N) is 3. The van der Waals surface area contributed by atoms with Crippen molar-refractivity contribution in [2.45, 2.75) is 44.4 Å². The first-order chi connectivity index (χ1) is 15.7. The summed E-state index contributed by atoms with van der Waals surface area (Å²) in [7, 11) is -3.41. The fraction of sp³-hybridized carbons (Fsp3) is 0.240. The summed E-state index contributed by atoms with van der Waals surface area (Å²) in [5, 5.41) is 0.0658.